The van der Waals surface area contributed by atoms with E-state index in [2.05, 4.69) is 13.8 Å². The van der Waals surface area contributed by atoms with Gasteiger partial charge in [0.05, 0.1) is 18.3 Å². The van der Waals surface area contributed by atoms with Crippen LogP contribution in [0, 0.1) is 5.41 Å². The van der Waals surface area contributed by atoms with Crippen LogP contribution >= 0.6 is 0 Å². The molecule has 0 aliphatic heterocycles. The summed E-state index contributed by atoms with van der Waals surface area (Å²) in [5.41, 5.74) is 0.625. The second-order valence-corrected chi connectivity index (χ2v) is 4.91. The molecule has 0 heterocycles. The summed E-state index contributed by atoms with van der Waals surface area (Å²) in [6.07, 6.45) is 6.27. The minimum absolute atomic E-state index is 0.330. The predicted molar refractivity (Wildman–Crippen MR) is 51.7 cm³/mol. The molecule has 0 aromatic carbocycles. The van der Waals surface area contributed by atoms with Gasteiger partial charge in [-0.15, -0.1) is 0 Å². The van der Waals surface area contributed by atoms with E-state index in [4.69, 9.17) is 9.47 Å². The second kappa shape index (κ2) is 3.25. The monoisotopic (exact) mass is 184 g/mol. The Labute approximate surface area is 80.6 Å². The number of methoxy groups -OCH3 is 1. The first-order valence-corrected chi connectivity index (χ1v) is 5.33. The fourth-order valence-corrected chi connectivity index (χ4v) is 2.51. The van der Waals surface area contributed by atoms with Crippen LogP contribution in [-0.4, -0.2) is 25.4 Å². The molecule has 2 aliphatic rings. The largest absolute Gasteiger partial charge is 0.379 e. The lowest BCUT2D eigenvalue weighted by Gasteiger charge is -2.20. The minimum Gasteiger partial charge on any atom is -0.379 e. The van der Waals surface area contributed by atoms with Gasteiger partial charge in [-0.1, -0.05) is 0 Å². The molecule has 76 valence electrons. The number of rotatable bonds is 3. The molecule has 1 spiro atoms. The lowest BCUT2D eigenvalue weighted by atomic mass is 10.1. The van der Waals surface area contributed by atoms with Crippen LogP contribution in [0.4, 0.5) is 0 Å². The quantitative estimate of drug-likeness (QED) is 0.670. The van der Waals surface area contributed by atoms with Crippen molar-refractivity contribution < 1.29 is 9.47 Å². The van der Waals surface area contributed by atoms with Gasteiger partial charge in [-0.25, -0.2) is 0 Å². The highest BCUT2D eigenvalue weighted by molar-refractivity contribution is 5.04. The average Bonchev–Trinajstić information content (AvgIpc) is 2.69. The summed E-state index contributed by atoms with van der Waals surface area (Å²) in [5.74, 6) is 0. The van der Waals surface area contributed by atoms with Gasteiger partial charge in [0.15, 0.2) is 0 Å². The smallest absolute Gasteiger partial charge is 0.0845 e. The Bertz CT molecular complexity index is 185. The molecular weight excluding hydrogens is 164 g/mol. The Morgan fingerprint density at radius 2 is 1.77 bits per heavy atom. The van der Waals surface area contributed by atoms with E-state index in [1.807, 2.05) is 7.11 Å². The Morgan fingerprint density at radius 3 is 2.23 bits per heavy atom. The van der Waals surface area contributed by atoms with E-state index in [-0.39, 0.29) is 0 Å². The Hall–Kier alpha value is -0.0800. The molecule has 0 aromatic heterocycles. The first kappa shape index (κ1) is 9.47. The molecule has 0 amide bonds. The molecule has 2 saturated carbocycles. The van der Waals surface area contributed by atoms with E-state index < -0.39 is 0 Å². The Morgan fingerprint density at radius 1 is 1.15 bits per heavy atom. The summed E-state index contributed by atoms with van der Waals surface area (Å²) in [5, 5.41) is 0. The van der Waals surface area contributed by atoms with Gasteiger partial charge in [0.1, 0.15) is 0 Å². The van der Waals surface area contributed by atoms with Crippen LogP contribution < -0.4 is 0 Å². The molecule has 0 saturated heterocycles. The fraction of sp³-hybridized carbons (Fsp3) is 1.00. The van der Waals surface area contributed by atoms with E-state index >= 15 is 0 Å². The summed E-state index contributed by atoms with van der Waals surface area (Å²) >= 11 is 0. The number of ether oxygens (including phenoxy) is 2. The molecular formula is C11H20O2. The fourth-order valence-electron chi connectivity index (χ4n) is 2.51. The van der Waals surface area contributed by atoms with Gasteiger partial charge in [0, 0.05) is 7.11 Å². The van der Waals surface area contributed by atoms with Gasteiger partial charge < -0.3 is 9.47 Å². The van der Waals surface area contributed by atoms with Crippen molar-refractivity contribution in [3.63, 3.8) is 0 Å². The molecule has 2 aliphatic carbocycles. The standard InChI is InChI=1S/C11H20O2/c1-8(2)13-10-7-11(4-5-11)6-9(10)12-3/h8-10H,4-7H2,1-3H3/t9-,10-/m1/s1. The van der Waals surface area contributed by atoms with E-state index in [9.17, 15) is 0 Å². The molecule has 0 unspecified atom stereocenters. The lowest BCUT2D eigenvalue weighted by Crippen LogP contribution is -2.27. The summed E-state index contributed by atoms with van der Waals surface area (Å²) in [7, 11) is 1.81. The zero-order chi connectivity index (χ0) is 9.47. The van der Waals surface area contributed by atoms with Crippen LogP contribution in [0.15, 0.2) is 0 Å². The topological polar surface area (TPSA) is 18.5 Å². The molecule has 2 fully saturated rings. The maximum absolute atomic E-state index is 5.87. The third kappa shape index (κ3) is 1.89. The van der Waals surface area contributed by atoms with Gasteiger partial charge in [0.2, 0.25) is 0 Å². The Balaban J connectivity index is 1.93. The van der Waals surface area contributed by atoms with Crippen molar-refractivity contribution in [3.05, 3.63) is 0 Å². The third-order valence-electron chi connectivity index (χ3n) is 3.39. The van der Waals surface area contributed by atoms with E-state index in [1.54, 1.807) is 0 Å². The number of hydrogen-bond acceptors (Lipinski definition) is 2. The molecule has 0 aromatic rings. The minimum atomic E-state index is 0.330. The SMILES string of the molecule is CO[C@@H]1CC2(CC2)C[C@H]1OC(C)C. The second-order valence-electron chi connectivity index (χ2n) is 4.91. The molecule has 2 heteroatoms. The third-order valence-corrected chi connectivity index (χ3v) is 3.39. The van der Waals surface area contributed by atoms with Crippen molar-refractivity contribution in [3.8, 4) is 0 Å². The molecule has 2 nitrogen and oxygen atoms in total. The zero-order valence-corrected chi connectivity index (χ0v) is 8.88. The van der Waals surface area contributed by atoms with Crippen LogP contribution in [0.1, 0.15) is 39.5 Å². The van der Waals surface area contributed by atoms with Crippen molar-refractivity contribution in [2.45, 2.75) is 57.8 Å². The zero-order valence-electron chi connectivity index (χ0n) is 8.88. The van der Waals surface area contributed by atoms with Crippen LogP contribution in [0.3, 0.4) is 0 Å². The van der Waals surface area contributed by atoms with Crippen LogP contribution in [0.5, 0.6) is 0 Å². The van der Waals surface area contributed by atoms with Crippen LogP contribution in [-0.2, 0) is 9.47 Å². The first-order valence-electron chi connectivity index (χ1n) is 5.33. The average molecular weight is 184 g/mol. The van der Waals surface area contributed by atoms with Crippen molar-refractivity contribution in [1.82, 2.24) is 0 Å². The van der Waals surface area contributed by atoms with Crippen LogP contribution in [0.25, 0.3) is 0 Å². The summed E-state index contributed by atoms with van der Waals surface area (Å²) in [6, 6.07) is 0. The normalized spacial score (nSPS) is 36.0. The molecule has 13 heavy (non-hydrogen) atoms. The van der Waals surface area contributed by atoms with Gasteiger partial charge in [0.25, 0.3) is 0 Å². The van der Waals surface area contributed by atoms with Gasteiger partial charge >= 0.3 is 0 Å². The molecule has 0 bridgehead atoms. The molecule has 2 rings (SSSR count). The highest BCUT2D eigenvalue weighted by Gasteiger charge is 2.53. The van der Waals surface area contributed by atoms with Gasteiger partial charge in [-0.3, -0.25) is 0 Å². The first-order chi connectivity index (χ1) is 6.15. The van der Waals surface area contributed by atoms with E-state index in [0.717, 1.165) is 0 Å². The summed E-state index contributed by atoms with van der Waals surface area (Å²) in [6.45, 7) is 4.20. The maximum atomic E-state index is 5.87. The van der Waals surface area contributed by atoms with Crippen molar-refractivity contribution in [2.24, 2.45) is 5.41 Å². The maximum Gasteiger partial charge on any atom is 0.0845 e. The highest BCUT2D eigenvalue weighted by atomic mass is 16.5. The Kier molecular flexibility index (Phi) is 2.37. The van der Waals surface area contributed by atoms with Crippen molar-refractivity contribution >= 4 is 0 Å². The lowest BCUT2D eigenvalue weighted by molar-refractivity contribution is -0.0632. The predicted octanol–water partition coefficient (Wildman–Crippen LogP) is 2.37. The van der Waals surface area contributed by atoms with Gasteiger partial charge in [-0.05, 0) is 44.9 Å². The molecule has 0 N–H and O–H groups in total. The van der Waals surface area contributed by atoms with Gasteiger partial charge in [-0.2, -0.15) is 0 Å². The summed E-state index contributed by atoms with van der Waals surface area (Å²) in [4.78, 5) is 0. The van der Waals surface area contributed by atoms with Crippen molar-refractivity contribution in [1.29, 1.82) is 0 Å². The van der Waals surface area contributed by atoms with Crippen LogP contribution in [0.2, 0.25) is 0 Å². The molecule has 2 atom stereocenters. The van der Waals surface area contributed by atoms with E-state index in [1.165, 1.54) is 25.7 Å². The number of hydrogen-bond donors (Lipinski definition) is 0. The highest BCUT2D eigenvalue weighted by Crippen LogP contribution is 2.58. The van der Waals surface area contributed by atoms with E-state index in [0.29, 0.717) is 23.7 Å². The molecule has 0 radical (unpaired) electrons. The summed E-state index contributed by atoms with van der Waals surface area (Å²) < 4.78 is 11.3. The van der Waals surface area contributed by atoms with Crippen molar-refractivity contribution in [2.75, 3.05) is 7.11 Å².